The van der Waals surface area contributed by atoms with Gasteiger partial charge in [-0.1, -0.05) is 13.3 Å². The molecule has 5 heteroatoms. The molecule has 0 atom stereocenters. The first-order chi connectivity index (χ1) is 11.2. The van der Waals surface area contributed by atoms with Gasteiger partial charge in [-0.15, -0.1) is 0 Å². The summed E-state index contributed by atoms with van der Waals surface area (Å²) in [5.41, 5.74) is 1.51. The zero-order chi connectivity index (χ0) is 16.5. The fraction of sp³-hybridized carbons (Fsp3) is 0.556. The number of hydrogen-bond donors (Lipinski definition) is 2. The van der Waals surface area contributed by atoms with Gasteiger partial charge in [0.2, 0.25) is 5.91 Å². The molecule has 0 bridgehead atoms. The van der Waals surface area contributed by atoms with E-state index in [0.717, 1.165) is 44.5 Å². The van der Waals surface area contributed by atoms with Crippen molar-refractivity contribution in [2.24, 2.45) is 0 Å². The number of amides is 2. The maximum Gasteiger partial charge on any atom is 0.251 e. The summed E-state index contributed by atoms with van der Waals surface area (Å²) in [5.74, 6) is 0.0977. The Hall–Kier alpha value is -2.04. The molecule has 1 aromatic carbocycles. The van der Waals surface area contributed by atoms with Crippen LogP contribution in [0.4, 0.5) is 5.69 Å². The zero-order valence-corrected chi connectivity index (χ0v) is 13.9. The number of hydrogen-bond acceptors (Lipinski definition) is 3. The summed E-state index contributed by atoms with van der Waals surface area (Å²) >= 11 is 0. The number of unbranched alkanes of at least 4 members (excludes halogenated alkanes) is 1. The maximum atomic E-state index is 12.1. The van der Waals surface area contributed by atoms with Gasteiger partial charge < -0.3 is 15.5 Å². The summed E-state index contributed by atoms with van der Waals surface area (Å²) in [4.78, 5) is 25.9. The highest BCUT2D eigenvalue weighted by Gasteiger charge is 2.15. The number of nitrogens with one attached hydrogen (secondary N) is 2. The number of piperidine rings is 1. The van der Waals surface area contributed by atoms with Crippen LogP contribution in [0.1, 0.15) is 49.4 Å². The molecule has 23 heavy (non-hydrogen) atoms. The number of benzene rings is 1. The van der Waals surface area contributed by atoms with E-state index in [1.807, 2.05) is 17.0 Å². The second-order valence-electron chi connectivity index (χ2n) is 5.98. The van der Waals surface area contributed by atoms with Gasteiger partial charge >= 0.3 is 0 Å². The molecular weight excluding hydrogens is 290 g/mol. The Kier molecular flexibility index (Phi) is 6.91. The van der Waals surface area contributed by atoms with E-state index in [2.05, 4.69) is 17.6 Å². The van der Waals surface area contributed by atoms with Crippen molar-refractivity contribution >= 4 is 17.5 Å². The number of nitrogens with zero attached hydrogens (tertiary/aromatic N) is 1. The van der Waals surface area contributed by atoms with Crippen LogP contribution in [0.5, 0.6) is 0 Å². The Balaban J connectivity index is 1.78. The lowest BCUT2D eigenvalue weighted by molar-refractivity contribution is -0.130. The van der Waals surface area contributed by atoms with Crippen LogP contribution in [0.25, 0.3) is 0 Å². The first-order valence-electron chi connectivity index (χ1n) is 8.60. The van der Waals surface area contributed by atoms with Gasteiger partial charge in [-0.25, -0.2) is 0 Å². The zero-order valence-electron chi connectivity index (χ0n) is 13.9. The predicted molar refractivity (Wildman–Crippen MR) is 92.6 cm³/mol. The lowest BCUT2D eigenvalue weighted by Crippen LogP contribution is -2.39. The Morgan fingerprint density at radius 1 is 1.09 bits per heavy atom. The molecule has 0 saturated carbocycles. The summed E-state index contributed by atoms with van der Waals surface area (Å²) in [7, 11) is 0. The molecule has 1 aliphatic heterocycles. The van der Waals surface area contributed by atoms with Gasteiger partial charge in [0.1, 0.15) is 0 Å². The highest BCUT2D eigenvalue weighted by Crippen LogP contribution is 2.11. The fourth-order valence-corrected chi connectivity index (χ4v) is 2.65. The average molecular weight is 317 g/mol. The Labute approximate surface area is 138 Å². The molecule has 126 valence electrons. The Morgan fingerprint density at radius 2 is 1.78 bits per heavy atom. The molecular formula is C18H27N3O2. The molecule has 1 aliphatic rings. The molecule has 1 aromatic rings. The van der Waals surface area contributed by atoms with Gasteiger partial charge in [0.25, 0.3) is 5.91 Å². The molecule has 0 unspecified atom stereocenters. The van der Waals surface area contributed by atoms with E-state index in [9.17, 15) is 9.59 Å². The molecule has 1 saturated heterocycles. The van der Waals surface area contributed by atoms with E-state index < -0.39 is 0 Å². The SMILES string of the molecule is CCCCNC(=O)c1ccc(NCC(=O)N2CCCCC2)cc1. The normalized spacial score (nSPS) is 14.4. The summed E-state index contributed by atoms with van der Waals surface area (Å²) in [6.45, 7) is 4.86. The van der Waals surface area contributed by atoms with Crippen molar-refractivity contribution in [3.8, 4) is 0 Å². The molecule has 2 rings (SSSR count). The van der Waals surface area contributed by atoms with Crippen molar-refractivity contribution in [2.45, 2.75) is 39.0 Å². The van der Waals surface area contributed by atoms with Crippen LogP contribution in [-0.4, -0.2) is 42.9 Å². The van der Waals surface area contributed by atoms with Crippen molar-refractivity contribution in [2.75, 3.05) is 31.5 Å². The van der Waals surface area contributed by atoms with Gasteiger partial charge in [-0.05, 0) is 49.9 Å². The van der Waals surface area contributed by atoms with Crippen molar-refractivity contribution in [3.63, 3.8) is 0 Å². The summed E-state index contributed by atoms with van der Waals surface area (Å²) in [6, 6.07) is 7.26. The number of carbonyl (C=O) groups excluding carboxylic acids is 2. The number of rotatable bonds is 7. The molecule has 1 heterocycles. The van der Waals surface area contributed by atoms with Gasteiger partial charge in [0.05, 0.1) is 6.54 Å². The second-order valence-corrected chi connectivity index (χ2v) is 5.98. The van der Waals surface area contributed by atoms with Crippen LogP contribution in [-0.2, 0) is 4.79 Å². The lowest BCUT2D eigenvalue weighted by atomic mass is 10.1. The van der Waals surface area contributed by atoms with Crippen LogP contribution >= 0.6 is 0 Å². The molecule has 0 aromatic heterocycles. The molecule has 2 N–H and O–H groups in total. The smallest absolute Gasteiger partial charge is 0.251 e. The third-order valence-electron chi connectivity index (χ3n) is 4.12. The quantitative estimate of drug-likeness (QED) is 0.760. The van der Waals surface area contributed by atoms with Crippen LogP contribution in [0.3, 0.4) is 0 Å². The van der Waals surface area contributed by atoms with Crippen molar-refractivity contribution in [1.82, 2.24) is 10.2 Å². The van der Waals surface area contributed by atoms with E-state index in [-0.39, 0.29) is 11.8 Å². The summed E-state index contributed by atoms with van der Waals surface area (Å²) in [5, 5.41) is 6.03. The van der Waals surface area contributed by atoms with Crippen molar-refractivity contribution in [1.29, 1.82) is 0 Å². The monoisotopic (exact) mass is 317 g/mol. The molecule has 0 aliphatic carbocycles. The van der Waals surface area contributed by atoms with Gasteiger partial charge in [-0.2, -0.15) is 0 Å². The van der Waals surface area contributed by atoms with Crippen LogP contribution in [0, 0.1) is 0 Å². The first-order valence-corrected chi connectivity index (χ1v) is 8.60. The lowest BCUT2D eigenvalue weighted by Gasteiger charge is -2.26. The minimum absolute atomic E-state index is 0.0469. The molecule has 0 spiro atoms. The average Bonchev–Trinajstić information content (AvgIpc) is 2.61. The first kappa shape index (κ1) is 17.3. The van der Waals surface area contributed by atoms with Gasteiger partial charge in [0, 0.05) is 30.9 Å². The topological polar surface area (TPSA) is 61.4 Å². The molecule has 0 radical (unpaired) electrons. The van der Waals surface area contributed by atoms with Crippen LogP contribution in [0.15, 0.2) is 24.3 Å². The van der Waals surface area contributed by atoms with E-state index in [0.29, 0.717) is 18.7 Å². The van der Waals surface area contributed by atoms with Gasteiger partial charge in [0.15, 0.2) is 0 Å². The highest BCUT2D eigenvalue weighted by molar-refractivity contribution is 5.94. The standard InChI is InChI=1S/C18H27N3O2/c1-2-3-11-19-18(23)15-7-9-16(10-8-15)20-14-17(22)21-12-5-4-6-13-21/h7-10,20H,2-6,11-14H2,1H3,(H,19,23). The Morgan fingerprint density at radius 3 is 2.43 bits per heavy atom. The third-order valence-corrected chi connectivity index (χ3v) is 4.12. The minimum Gasteiger partial charge on any atom is -0.376 e. The largest absolute Gasteiger partial charge is 0.376 e. The number of anilines is 1. The summed E-state index contributed by atoms with van der Waals surface area (Å²) < 4.78 is 0. The number of carbonyl (C=O) groups is 2. The van der Waals surface area contributed by atoms with E-state index >= 15 is 0 Å². The molecule has 5 nitrogen and oxygen atoms in total. The Bertz CT molecular complexity index is 508. The highest BCUT2D eigenvalue weighted by atomic mass is 16.2. The third kappa shape index (κ3) is 5.58. The van der Waals surface area contributed by atoms with Crippen molar-refractivity contribution < 1.29 is 9.59 Å². The van der Waals surface area contributed by atoms with Crippen molar-refractivity contribution in [3.05, 3.63) is 29.8 Å². The van der Waals surface area contributed by atoms with Gasteiger partial charge in [-0.3, -0.25) is 9.59 Å². The van der Waals surface area contributed by atoms with E-state index in [1.54, 1.807) is 12.1 Å². The molecule has 2 amide bonds. The fourth-order valence-electron chi connectivity index (χ4n) is 2.65. The number of likely N-dealkylation sites (tertiary alicyclic amines) is 1. The summed E-state index contributed by atoms with van der Waals surface area (Å²) in [6.07, 6.45) is 5.48. The minimum atomic E-state index is -0.0469. The predicted octanol–water partition coefficient (Wildman–Crippen LogP) is 2.64. The maximum absolute atomic E-state index is 12.1. The second kappa shape index (κ2) is 9.18. The molecule has 1 fully saturated rings. The van der Waals surface area contributed by atoms with E-state index in [1.165, 1.54) is 6.42 Å². The van der Waals surface area contributed by atoms with E-state index in [4.69, 9.17) is 0 Å². The van der Waals surface area contributed by atoms with Crippen LogP contribution in [0.2, 0.25) is 0 Å². The van der Waals surface area contributed by atoms with Crippen LogP contribution < -0.4 is 10.6 Å².